The van der Waals surface area contributed by atoms with Gasteiger partial charge in [-0.05, 0) is 45.4 Å². The third kappa shape index (κ3) is 3.00. The van der Waals surface area contributed by atoms with Gasteiger partial charge in [0.2, 0.25) is 5.91 Å². The summed E-state index contributed by atoms with van der Waals surface area (Å²) in [5.41, 5.74) is 0. The highest BCUT2D eigenvalue weighted by Gasteiger charge is 2.42. The Kier molecular flexibility index (Phi) is 4.54. The van der Waals surface area contributed by atoms with Crippen molar-refractivity contribution in [2.24, 2.45) is 11.8 Å². The summed E-state index contributed by atoms with van der Waals surface area (Å²) in [7, 11) is 0. The number of rotatable bonds is 2. The van der Waals surface area contributed by atoms with Crippen LogP contribution < -0.4 is 5.32 Å². The summed E-state index contributed by atoms with van der Waals surface area (Å²) in [6, 6.07) is 0.308. The first-order valence-electron chi connectivity index (χ1n) is 7.09. The van der Waals surface area contributed by atoms with Gasteiger partial charge < -0.3 is 10.1 Å². The highest BCUT2D eigenvalue weighted by atomic mass is 35.5. The van der Waals surface area contributed by atoms with E-state index in [2.05, 4.69) is 12.2 Å². The van der Waals surface area contributed by atoms with E-state index in [9.17, 15) is 4.79 Å². The molecule has 1 aliphatic heterocycles. The van der Waals surface area contributed by atoms with Crippen LogP contribution in [0.4, 0.5) is 0 Å². The molecule has 0 radical (unpaired) electrons. The largest absolute Gasteiger partial charge is 0.374 e. The summed E-state index contributed by atoms with van der Waals surface area (Å²) < 4.78 is 5.73. The molecule has 1 saturated carbocycles. The molecule has 2 aliphatic rings. The van der Waals surface area contributed by atoms with Crippen LogP contribution in [0.2, 0.25) is 0 Å². The SMILES string of the molecule is CC1OC(C)C(C(=O)NC2CCC(Cl)CC2)C1C. The van der Waals surface area contributed by atoms with Crippen molar-refractivity contribution in [3.8, 4) is 0 Å². The van der Waals surface area contributed by atoms with E-state index in [0.29, 0.717) is 17.3 Å². The zero-order chi connectivity index (χ0) is 13.3. The average Bonchev–Trinajstić information content (AvgIpc) is 2.56. The van der Waals surface area contributed by atoms with Gasteiger partial charge in [0.05, 0.1) is 18.1 Å². The lowest BCUT2D eigenvalue weighted by atomic mass is 9.87. The molecule has 4 unspecified atom stereocenters. The number of hydrogen-bond donors (Lipinski definition) is 1. The van der Waals surface area contributed by atoms with E-state index in [1.807, 2.05) is 13.8 Å². The second-order valence-electron chi connectivity index (χ2n) is 5.89. The summed E-state index contributed by atoms with van der Waals surface area (Å²) in [5, 5.41) is 3.48. The minimum Gasteiger partial charge on any atom is -0.374 e. The lowest BCUT2D eigenvalue weighted by Gasteiger charge is -2.28. The van der Waals surface area contributed by atoms with Gasteiger partial charge in [-0.15, -0.1) is 11.6 Å². The number of ether oxygens (including phenoxy) is 1. The van der Waals surface area contributed by atoms with Gasteiger partial charge in [0.25, 0.3) is 0 Å². The summed E-state index contributed by atoms with van der Waals surface area (Å²) >= 11 is 6.08. The van der Waals surface area contributed by atoms with Crippen molar-refractivity contribution in [3.63, 3.8) is 0 Å². The van der Waals surface area contributed by atoms with Gasteiger partial charge in [0.15, 0.2) is 0 Å². The Morgan fingerprint density at radius 1 is 1.11 bits per heavy atom. The van der Waals surface area contributed by atoms with Crippen LogP contribution in [0, 0.1) is 11.8 Å². The number of nitrogens with one attached hydrogen (secondary N) is 1. The van der Waals surface area contributed by atoms with Crippen LogP contribution >= 0.6 is 11.6 Å². The van der Waals surface area contributed by atoms with Crippen LogP contribution in [0.3, 0.4) is 0 Å². The molecule has 1 amide bonds. The smallest absolute Gasteiger partial charge is 0.226 e. The lowest BCUT2D eigenvalue weighted by molar-refractivity contribution is -0.128. The molecule has 0 bridgehead atoms. The zero-order valence-electron chi connectivity index (χ0n) is 11.5. The normalized spacial score (nSPS) is 44.9. The second-order valence-corrected chi connectivity index (χ2v) is 6.51. The van der Waals surface area contributed by atoms with E-state index in [-0.39, 0.29) is 24.0 Å². The molecule has 1 heterocycles. The van der Waals surface area contributed by atoms with Crippen LogP contribution in [0.15, 0.2) is 0 Å². The predicted molar refractivity (Wildman–Crippen MR) is 72.7 cm³/mol. The van der Waals surface area contributed by atoms with E-state index < -0.39 is 0 Å². The van der Waals surface area contributed by atoms with E-state index in [1.165, 1.54) is 0 Å². The van der Waals surface area contributed by atoms with Gasteiger partial charge in [0.1, 0.15) is 0 Å². The Labute approximate surface area is 115 Å². The van der Waals surface area contributed by atoms with E-state index in [4.69, 9.17) is 16.3 Å². The number of amides is 1. The molecule has 18 heavy (non-hydrogen) atoms. The minimum absolute atomic E-state index is 0.00581. The van der Waals surface area contributed by atoms with Crippen molar-refractivity contribution < 1.29 is 9.53 Å². The van der Waals surface area contributed by atoms with E-state index in [0.717, 1.165) is 25.7 Å². The molecule has 1 N–H and O–H groups in total. The van der Waals surface area contributed by atoms with Crippen molar-refractivity contribution in [2.75, 3.05) is 0 Å². The Hall–Kier alpha value is -0.280. The average molecular weight is 274 g/mol. The maximum Gasteiger partial charge on any atom is 0.226 e. The Balaban J connectivity index is 1.88. The molecule has 1 saturated heterocycles. The fourth-order valence-corrected chi connectivity index (χ4v) is 3.47. The van der Waals surface area contributed by atoms with Crippen molar-refractivity contribution in [2.45, 2.75) is 70.1 Å². The third-order valence-electron chi connectivity index (χ3n) is 4.55. The zero-order valence-corrected chi connectivity index (χ0v) is 12.2. The van der Waals surface area contributed by atoms with Crippen LogP contribution in [0.5, 0.6) is 0 Å². The molecule has 4 atom stereocenters. The van der Waals surface area contributed by atoms with E-state index in [1.54, 1.807) is 0 Å². The van der Waals surface area contributed by atoms with Gasteiger partial charge in [-0.1, -0.05) is 6.92 Å². The topological polar surface area (TPSA) is 38.3 Å². The summed E-state index contributed by atoms with van der Waals surface area (Å²) in [6.07, 6.45) is 4.23. The summed E-state index contributed by atoms with van der Waals surface area (Å²) in [6.45, 7) is 6.15. The molecule has 1 aliphatic carbocycles. The van der Waals surface area contributed by atoms with Crippen LogP contribution in [0.1, 0.15) is 46.5 Å². The van der Waals surface area contributed by atoms with Gasteiger partial charge in [-0.2, -0.15) is 0 Å². The van der Waals surface area contributed by atoms with Crippen LogP contribution in [0.25, 0.3) is 0 Å². The molecule has 3 nitrogen and oxygen atoms in total. The third-order valence-corrected chi connectivity index (χ3v) is 4.98. The molecule has 104 valence electrons. The first kappa shape index (κ1) is 14.1. The van der Waals surface area contributed by atoms with Gasteiger partial charge in [-0.3, -0.25) is 4.79 Å². The maximum absolute atomic E-state index is 12.3. The number of carbonyl (C=O) groups excluding carboxylic acids is 1. The van der Waals surface area contributed by atoms with Crippen molar-refractivity contribution >= 4 is 17.5 Å². The lowest BCUT2D eigenvalue weighted by Crippen LogP contribution is -2.44. The number of carbonyl (C=O) groups is 1. The summed E-state index contributed by atoms with van der Waals surface area (Å²) in [5.74, 6) is 0.454. The van der Waals surface area contributed by atoms with Crippen molar-refractivity contribution in [1.82, 2.24) is 5.32 Å². The number of hydrogen-bond acceptors (Lipinski definition) is 2. The van der Waals surface area contributed by atoms with Gasteiger partial charge in [0, 0.05) is 11.4 Å². The van der Waals surface area contributed by atoms with Crippen LogP contribution in [-0.4, -0.2) is 29.5 Å². The van der Waals surface area contributed by atoms with Crippen LogP contribution in [-0.2, 0) is 9.53 Å². The summed E-state index contributed by atoms with van der Waals surface area (Å²) in [4.78, 5) is 12.3. The first-order valence-corrected chi connectivity index (χ1v) is 7.52. The highest BCUT2D eigenvalue weighted by molar-refractivity contribution is 6.20. The standard InChI is InChI=1S/C14H24ClNO2/c1-8-9(2)18-10(3)13(8)14(17)16-12-6-4-11(15)5-7-12/h8-13H,4-7H2,1-3H3,(H,16,17). The Morgan fingerprint density at radius 2 is 1.72 bits per heavy atom. The molecule has 0 aromatic heterocycles. The fourth-order valence-electron chi connectivity index (χ4n) is 3.21. The van der Waals surface area contributed by atoms with Crippen molar-refractivity contribution in [1.29, 1.82) is 0 Å². The molecule has 2 fully saturated rings. The fraction of sp³-hybridized carbons (Fsp3) is 0.929. The molecular formula is C14H24ClNO2. The highest BCUT2D eigenvalue weighted by Crippen LogP contribution is 2.32. The molecule has 0 spiro atoms. The maximum atomic E-state index is 12.3. The Morgan fingerprint density at radius 3 is 2.22 bits per heavy atom. The number of alkyl halides is 1. The number of halogens is 1. The minimum atomic E-state index is -0.00581. The van der Waals surface area contributed by atoms with E-state index >= 15 is 0 Å². The molecule has 0 aromatic rings. The molecule has 2 rings (SSSR count). The van der Waals surface area contributed by atoms with Gasteiger partial charge >= 0.3 is 0 Å². The molecular weight excluding hydrogens is 250 g/mol. The van der Waals surface area contributed by atoms with Gasteiger partial charge in [-0.25, -0.2) is 0 Å². The predicted octanol–water partition coefficient (Wildman–Crippen LogP) is 2.71. The quantitative estimate of drug-likeness (QED) is 0.786. The molecule has 4 heteroatoms. The van der Waals surface area contributed by atoms with Crippen molar-refractivity contribution in [3.05, 3.63) is 0 Å². The monoisotopic (exact) mass is 273 g/mol. The first-order chi connectivity index (χ1) is 8.49. The molecule has 0 aromatic carbocycles. The Bertz CT molecular complexity index is 302. The second kappa shape index (κ2) is 5.79.